The second-order valence-corrected chi connectivity index (χ2v) is 5.56. The number of hydrogen-bond acceptors (Lipinski definition) is 4. The number of rotatable bonds is 3. The molecule has 90 valence electrons. The Morgan fingerprint density at radius 3 is 2.88 bits per heavy atom. The minimum atomic E-state index is -0.183. The van der Waals surface area contributed by atoms with Gasteiger partial charge in [-0.15, -0.1) is 11.3 Å². The molecule has 3 atom stereocenters. The molecule has 1 aliphatic rings. The molecule has 0 amide bonds. The molecule has 0 saturated heterocycles. The fourth-order valence-electron chi connectivity index (χ4n) is 2.27. The van der Waals surface area contributed by atoms with Gasteiger partial charge >= 0.3 is 0 Å². The highest BCUT2D eigenvalue weighted by Crippen LogP contribution is 2.23. The van der Waals surface area contributed by atoms with Crippen LogP contribution < -0.4 is 5.32 Å². The normalized spacial score (nSPS) is 27.9. The second-order valence-electron chi connectivity index (χ2n) is 4.67. The maximum atomic E-state index is 9.89. The van der Waals surface area contributed by atoms with Crippen molar-refractivity contribution in [2.75, 3.05) is 0 Å². The van der Waals surface area contributed by atoms with Gasteiger partial charge in [0.2, 0.25) is 0 Å². The van der Waals surface area contributed by atoms with Crippen molar-refractivity contribution in [1.29, 1.82) is 0 Å². The summed E-state index contributed by atoms with van der Waals surface area (Å²) in [6, 6.07) is 0.490. The van der Waals surface area contributed by atoms with Gasteiger partial charge in [0.05, 0.1) is 12.1 Å². The quantitative estimate of drug-likeness (QED) is 0.853. The topological polar surface area (TPSA) is 45.1 Å². The van der Waals surface area contributed by atoms with Gasteiger partial charge < -0.3 is 10.4 Å². The smallest absolute Gasteiger partial charge is 0.110 e. The lowest BCUT2D eigenvalue weighted by molar-refractivity contribution is 0.0859. The minimum absolute atomic E-state index is 0.183. The van der Waals surface area contributed by atoms with Gasteiger partial charge in [0.25, 0.3) is 0 Å². The van der Waals surface area contributed by atoms with Crippen molar-refractivity contribution in [3.05, 3.63) is 16.1 Å². The Labute approximate surface area is 101 Å². The van der Waals surface area contributed by atoms with Crippen LogP contribution in [0.25, 0.3) is 0 Å². The van der Waals surface area contributed by atoms with E-state index in [0.29, 0.717) is 0 Å². The number of thiazole rings is 1. The Morgan fingerprint density at radius 2 is 2.25 bits per heavy atom. The molecule has 0 bridgehead atoms. The van der Waals surface area contributed by atoms with Crippen LogP contribution in [-0.2, 0) is 0 Å². The molecule has 1 aromatic heterocycles. The molecule has 1 fully saturated rings. The van der Waals surface area contributed by atoms with E-state index >= 15 is 0 Å². The third-order valence-corrected chi connectivity index (χ3v) is 4.35. The zero-order valence-corrected chi connectivity index (χ0v) is 10.8. The summed E-state index contributed by atoms with van der Waals surface area (Å²) in [4.78, 5) is 4.48. The van der Waals surface area contributed by atoms with Gasteiger partial charge in [0.1, 0.15) is 5.01 Å². The lowest BCUT2D eigenvalue weighted by Crippen LogP contribution is -2.43. The lowest BCUT2D eigenvalue weighted by atomic mass is 9.92. The average Bonchev–Trinajstić information content (AvgIpc) is 2.68. The van der Waals surface area contributed by atoms with Crippen LogP contribution in [0.4, 0.5) is 0 Å². The van der Waals surface area contributed by atoms with E-state index in [1.54, 1.807) is 11.3 Å². The predicted molar refractivity (Wildman–Crippen MR) is 66.7 cm³/mol. The molecule has 0 radical (unpaired) electrons. The van der Waals surface area contributed by atoms with Crippen molar-refractivity contribution in [3.8, 4) is 0 Å². The van der Waals surface area contributed by atoms with Crippen molar-refractivity contribution in [1.82, 2.24) is 10.3 Å². The first-order valence-corrected chi connectivity index (χ1v) is 6.91. The first-order valence-electron chi connectivity index (χ1n) is 6.03. The summed E-state index contributed by atoms with van der Waals surface area (Å²) in [5.41, 5.74) is 1.08. The summed E-state index contributed by atoms with van der Waals surface area (Å²) in [6.45, 7) is 4.14. The third kappa shape index (κ3) is 2.81. The lowest BCUT2D eigenvalue weighted by Gasteiger charge is -2.30. The highest BCUT2D eigenvalue weighted by Gasteiger charge is 2.25. The largest absolute Gasteiger partial charge is 0.392 e. The van der Waals surface area contributed by atoms with Crippen molar-refractivity contribution in [2.45, 2.75) is 57.7 Å². The molecule has 3 nitrogen and oxygen atoms in total. The molecule has 3 unspecified atom stereocenters. The van der Waals surface area contributed by atoms with Crippen molar-refractivity contribution in [3.63, 3.8) is 0 Å². The maximum absolute atomic E-state index is 9.89. The molecule has 0 aromatic carbocycles. The van der Waals surface area contributed by atoms with Crippen LogP contribution in [0.1, 0.15) is 49.4 Å². The third-order valence-electron chi connectivity index (χ3n) is 3.20. The number of aromatic nitrogens is 1. The molecular formula is C12H20N2OS. The molecule has 1 aliphatic carbocycles. The van der Waals surface area contributed by atoms with Crippen LogP contribution in [-0.4, -0.2) is 22.2 Å². The molecular weight excluding hydrogens is 220 g/mol. The van der Waals surface area contributed by atoms with E-state index in [1.807, 2.05) is 6.92 Å². The highest BCUT2D eigenvalue weighted by atomic mass is 32.1. The van der Waals surface area contributed by atoms with Gasteiger partial charge in [0.15, 0.2) is 0 Å². The number of aliphatic hydroxyl groups excluding tert-OH is 1. The molecule has 4 heteroatoms. The Balaban J connectivity index is 1.93. The molecule has 1 aromatic rings. The molecule has 0 spiro atoms. The van der Waals surface area contributed by atoms with Gasteiger partial charge in [-0.2, -0.15) is 0 Å². The van der Waals surface area contributed by atoms with E-state index in [9.17, 15) is 5.11 Å². The first kappa shape index (κ1) is 12.0. The number of nitrogens with zero attached hydrogens (tertiary/aromatic N) is 1. The zero-order valence-electron chi connectivity index (χ0n) is 9.94. The molecule has 2 rings (SSSR count). The van der Waals surface area contributed by atoms with Gasteiger partial charge in [-0.25, -0.2) is 4.98 Å². The summed E-state index contributed by atoms with van der Waals surface area (Å²) < 4.78 is 0. The zero-order chi connectivity index (χ0) is 11.5. The van der Waals surface area contributed by atoms with Crippen LogP contribution >= 0.6 is 11.3 Å². The number of hydrogen-bond donors (Lipinski definition) is 2. The van der Waals surface area contributed by atoms with Crippen LogP contribution in [0.2, 0.25) is 0 Å². The van der Waals surface area contributed by atoms with Crippen LogP contribution in [0.3, 0.4) is 0 Å². The molecule has 1 heterocycles. The number of aliphatic hydroxyl groups is 1. The molecule has 16 heavy (non-hydrogen) atoms. The van der Waals surface area contributed by atoms with Gasteiger partial charge in [-0.05, 0) is 26.7 Å². The summed E-state index contributed by atoms with van der Waals surface area (Å²) in [7, 11) is 0. The minimum Gasteiger partial charge on any atom is -0.392 e. The highest BCUT2D eigenvalue weighted by molar-refractivity contribution is 7.09. The Morgan fingerprint density at radius 1 is 1.50 bits per heavy atom. The molecule has 2 N–H and O–H groups in total. The first-order chi connectivity index (χ1) is 7.66. The second kappa shape index (κ2) is 5.25. The van der Waals surface area contributed by atoms with Crippen LogP contribution in [0.5, 0.6) is 0 Å². The van der Waals surface area contributed by atoms with E-state index in [4.69, 9.17) is 0 Å². The SMILES string of the molecule is Cc1csc(C(C)NC2CCCCC2O)n1. The Kier molecular flexibility index (Phi) is 3.95. The fraction of sp³-hybridized carbons (Fsp3) is 0.750. The van der Waals surface area contributed by atoms with E-state index < -0.39 is 0 Å². The summed E-state index contributed by atoms with van der Waals surface area (Å²) >= 11 is 1.69. The van der Waals surface area contributed by atoms with E-state index in [-0.39, 0.29) is 18.2 Å². The average molecular weight is 240 g/mol. The monoisotopic (exact) mass is 240 g/mol. The van der Waals surface area contributed by atoms with Gasteiger partial charge in [-0.1, -0.05) is 12.8 Å². The molecule has 0 aliphatic heterocycles. The maximum Gasteiger partial charge on any atom is 0.110 e. The van der Waals surface area contributed by atoms with Crippen molar-refractivity contribution < 1.29 is 5.11 Å². The van der Waals surface area contributed by atoms with E-state index in [1.165, 1.54) is 6.42 Å². The number of aryl methyl sites for hydroxylation is 1. The standard InChI is InChI=1S/C12H20N2OS/c1-8-7-16-12(13-8)9(2)14-10-5-3-4-6-11(10)15/h7,9-11,14-15H,3-6H2,1-2H3. The Bertz CT molecular complexity index is 340. The number of nitrogens with one attached hydrogen (secondary N) is 1. The van der Waals surface area contributed by atoms with Crippen LogP contribution in [0.15, 0.2) is 5.38 Å². The summed E-state index contributed by atoms with van der Waals surface area (Å²) in [5, 5.41) is 16.6. The van der Waals surface area contributed by atoms with Crippen molar-refractivity contribution >= 4 is 11.3 Å². The molecule has 1 saturated carbocycles. The Hall–Kier alpha value is -0.450. The van der Waals surface area contributed by atoms with Crippen LogP contribution in [0, 0.1) is 6.92 Å². The van der Waals surface area contributed by atoms with Gasteiger partial charge in [0, 0.05) is 17.1 Å². The van der Waals surface area contributed by atoms with E-state index in [2.05, 4.69) is 22.6 Å². The fourth-order valence-corrected chi connectivity index (χ4v) is 3.08. The van der Waals surface area contributed by atoms with Crippen molar-refractivity contribution in [2.24, 2.45) is 0 Å². The van der Waals surface area contributed by atoms with E-state index in [0.717, 1.165) is 30.0 Å². The summed E-state index contributed by atoms with van der Waals surface area (Å²) in [5.74, 6) is 0. The van der Waals surface area contributed by atoms with Gasteiger partial charge in [-0.3, -0.25) is 0 Å². The predicted octanol–water partition coefficient (Wildman–Crippen LogP) is 2.41. The summed E-state index contributed by atoms with van der Waals surface area (Å²) in [6.07, 6.45) is 4.21.